The second-order valence-corrected chi connectivity index (χ2v) is 5.13. The fourth-order valence-corrected chi connectivity index (χ4v) is 2.85. The van der Waals surface area contributed by atoms with Crippen LogP contribution in [0, 0.1) is 17.2 Å². The summed E-state index contributed by atoms with van der Waals surface area (Å²) in [7, 11) is 0. The van der Waals surface area contributed by atoms with Crippen molar-refractivity contribution in [3.8, 4) is 6.07 Å². The van der Waals surface area contributed by atoms with Crippen molar-refractivity contribution in [2.75, 3.05) is 0 Å². The van der Waals surface area contributed by atoms with Crippen LogP contribution in [0.15, 0.2) is 24.3 Å². The van der Waals surface area contributed by atoms with Gasteiger partial charge in [0.15, 0.2) is 0 Å². The molecule has 96 valence electrons. The second kappa shape index (κ2) is 6.56. The van der Waals surface area contributed by atoms with E-state index in [4.69, 9.17) is 5.26 Å². The van der Waals surface area contributed by atoms with Crippen LogP contribution in [0.4, 0.5) is 0 Å². The molecule has 0 saturated heterocycles. The molecule has 1 fully saturated rings. The largest absolute Gasteiger partial charge is 0.309 e. The van der Waals surface area contributed by atoms with Crippen molar-refractivity contribution in [1.82, 2.24) is 5.32 Å². The van der Waals surface area contributed by atoms with Crippen molar-refractivity contribution >= 4 is 0 Å². The normalized spacial score (nSPS) is 23.6. The van der Waals surface area contributed by atoms with Crippen LogP contribution in [-0.4, -0.2) is 6.04 Å². The molecule has 1 N–H and O–H groups in total. The molecule has 2 heteroatoms. The quantitative estimate of drug-likeness (QED) is 0.878. The Kier molecular flexibility index (Phi) is 4.78. The molecule has 1 aliphatic rings. The minimum atomic E-state index is 0.201. The zero-order valence-electron chi connectivity index (χ0n) is 11.2. The van der Waals surface area contributed by atoms with Crippen LogP contribution in [0.5, 0.6) is 0 Å². The minimum Gasteiger partial charge on any atom is -0.309 e. The first-order valence-electron chi connectivity index (χ1n) is 7.05. The molecule has 2 atom stereocenters. The van der Waals surface area contributed by atoms with E-state index in [0.29, 0.717) is 6.04 Å². The van der Waals surface area contributed by atoms with Crippen molar-refractivity contribution in [1.29, 1.82) is 5.26 Å². The van der Waals surface area contributed by atoms with Gasteiger partial charge in [-0.3, -0.25) is 0 Å². The topological polar surface area (TPSA) is 35.8 Å². The number of hydrogen-bond donors (Lipinski definition) is 1. The third-order valence-corrected chi connectivity index (χ3v) is 3.99. The van der Waals surface area contributed by atoms with E-state index in [9.17, 15) is 0 Å². The monoisotopic (exact) mass is 242 g/mol. The lowest BCUT2D eigenvalue weighted by atomic mass is 9.85. The molecule has 0 heterocycles. The van der Waals surface area contributed by atoms with E-state index in [2.05, 4.69) is 42.6 Å². The predicted octanol–water partition coefficient (Wildman–Crippen LogP) is 3.42. The maximum Gasteiger partial charge on any atom is 0.0672 e. The van der Waals surface area contributed by atoms with Crippen LogP contribution in [0.3, 0.4) is 0 Å². The molecule has 0 bridgehead atoms. The van der Waals surface area contributed by atoms with E-state index in [0.717, 1.165) is 25.8 Å². The molecule has 2 nitrogen and oxygen atoms in total. The standard InChI is InChI=1S/C16H22N2/c1-2-13-7-3-4-9-15(13)12-18-16-10-6-5-8-14(16)11-17/h3-4,7,9,14,16,18H,2,5-6,8,10,12H2,1H3. The molecule has 1 saturated carbocycles. The highest BCUT2D eigenvalue weighted by molar-refractivity contribution is 5.27. The zero-order chi connectivity index (χ0) is 12.8. The summed E-state index contributed by atoms with van der Waals surface area (Å²) in [6, 6.07) is 11.4. The van der Waals surface area contributed by atoms with Gasteiger partial charge < -0.3 is 5.32 Å². The van der Waals surface area contributed by atoms with Gasteiger partial charge in [-0.2, -0.15) is 5.26 Å². The number of rotatable bonds is 4. The summed E-state index contributed by atoms with van der Waals surface area (Å²) in [5.74, 6) is 0.201. The van der Waals surface area contributed by atoms with Gasteiger partial charge in [0.2, 0.25) is 0 Å². The van der Waals surface area contributed by atoms with Gasteiger partial charge in [-0.15, -0.1) is 0 Å². The highest BCUT2D eigenvalue weighted by Crippen LogP contribution is 2.24. The molecule has 18 heavy (non-hydrogen) atoms. The smallest absolute Gasteiger partial charge is 0.0672 e. The number of hydrogen-bond acceptors (Lipinski definition) is 2. The number of nitriles is 1. The average molecular weight is 242 g/mol. The molecule has 2 unspecified atom stereocenters. The third kappa shape index (κ3) is 3.11. The van der Waals surface area contributed by atoms with Crippen molar-refractivity contribution < 1.29 is 0 Å². The Hall–Kier alpha value is -1.33. The number of aryl methyl sites for hydroxylation is 1. The summed E-state index contributed by atoms with van der Waals surface area (Å²) in [6.07, 6.45) is 5.74. The molecule has 2 rings (SSSR count). The highest BCUT2D eigenvalue weighted by atomic mass is 14.9. The van der Waals surface area contributed by atoms with Crippen molar-refractivity contribution in [2.24, 2.45) is 5.92 Å². The molecular formula is C16H22N2. The first kappa shape index (κ1) is 13.1. The fourth-order valence-electron chi connectivity index (χ4n) is 2.85. The Morgan fingerprint density at radius 1 is 1.22 bits per heavy atom. The maximum atomic E-state index is 9.17. The van der Waals surface area contributed by atoms with E-state index < -0.39 is 0 Å². The number of benzene rings is 1. The van der Waals surface area contributed by atoms with E-state index in [1.807, 2.05) is 0 Å². The van der Waals surface area contributed by atoms with Gasteiger partial charge in [-0.25, -0.2) is 0 Å². The van der Waals surface area contributed by atoms with Crippen LogP contribution < -0.4 is 5.32 Å². The molecule has 1 aromatic carbocycles. The Bertz CT molecular complexity index is 419. The van der Waals surface area contributed by atoms with Crippen LogP contribution in [0.1, 0.15) is 43.7 Å². The summed E-state index contributed by atoms with van der Waals surface area (Å²) >= 11 is 0. The van der Waals surface area contributed by atoms with E-state index in [-0.39, 0.29) is 5.92 Å². The lowest BCUT2D eigenvalue weighted by Crippen LogP contribution is -2.37. The van der Waals surface area contributed by atoms with Crippen molar-refractivity contribution in [3.63, 3.8) is 0 Å². The fraction of sp³-hybridized carbons (Fsp3) is 0.562. The summed E-state index contributed by atoms with van der Waals surface area (Å²) in [5, 5.41) is 12.8. The molecule has 1 aliphatic carbocycles. The first-order valence-corrected chi connectivity index (χ1v) is 7.05. The summed E-state index contributed by atoms with van der Waals surface area (Å²) in [5.41, 5.74) is 2.79. The zero-order valence-corrected chi connectivity index (χ0v) is 11.2. The SMILES string of the molecule is CCc1ccccc1CNC1CCCCC1C#N. The molecule has 0 spiro atoms. The summed E-state index contributed by atoms with van der Waals surface area (Å²) in [4.78, 5) is 0. The van der Waals surface area contributed by atoms with Gasteiger partial charge in [-0.05, 0) is 30.4 Å². The van der Waals surface area contributed by atoms with Gasteiger partial charge in [-0.1, -0.05) is 44.0 Å². The molecule has 1 aromatic rings. The van der Waals surface area contributed by atoms with Crippen molar-refractivity contribution in [3.05, 3.63) is 35.4 Å². The third-order valence-electron chi connectivity index (χ3n) is 3.99. The van der Waals surface area contributed by atoms with E-state index >= 15 is 0 Å². The van der Waals surface area contributed by atoms with Gasteiger partial charge in [0, 0.05) is 12.6 Å². The Morgan fingerprint density at radius 3 is 2.67 bits per heavy atom. The predicted molar refractivity (Wildman–Crippen MR) is 74.0 cm³/mol. The van der Waals surface area contributed by atoms with E-state index in [1.165, 1.54) is 24.0 Å². The van der Waals surface area contributed by atoms with Gasteiger partial charge in [0.1, 0.15) is 0 Å². The number of nitrogens with zero attached hydrogens (tertiary/aromatic N) is 1. The Morgan fingerprint density at radius 2 is 1.94 bits per heavy atom. The maximum absolute atomic E-state index is 9.17. The summed E-state index contributed by atoms with van der Waals surface area (Å²) in [6.45, 7) is 3.09. The van der Waals surface area contributed by atoms with Crippen LogP contribution in [0.2, 0.25) is 0 Å². The van der Waals surface area contributed by atoms with Crippen LogP contribution in [0.25, 0.3) is 0 Å². The minimum absolute atomic E-state index is 0.201. The second-order valence-electron chi connectivity index (χ2n) is 5.13. The molecule has 0 amide bonds. The van der Waals surface area contributed by atoms with Crippen molar-refractivity contribution in [2.45, 2.75) is 51.6 Å². The van der Waals surface area contributed by atoms with E-state index in [1.54, 1.807) is 0 Å². The van der Waals surface area contributed by atoms with Crippen LogP contribution in [-0.2, 0) is 13.0 Å². The lowest BCUT2D eigenvalue weighted by Gasteiger charge is -2.28. The van der Waals surface area contributed by atoms with Gasteiger partial charge in [0.05, 0.1) is 12.0 Å². The Balaban J connectivity index is 1.96. The molecule has 0 radical (unpaired) electrons. The Labute approximate surface area is 110 Å². The number of nitrogens with one attached hydrogen (secondary N) is 1. The van der Waals surface area contributed by atoms with Gasteiger partial charge in [0.25, 0.3) is 0 Å². The average Bonchev–Trinajstić information content (AvgIpc) is 2.45. The highest BCUT2D eigenvalue weighted by Gasteiger charge is 2.24. The lowest BCUT2D eigenvalue weighted by molar-refractivity contribution is 0.311. The molecular weight excluding hydrogens is 220 g/mol. The summed E-state index contributed by atoms with van der Waals surface area (Å²) < 4.78 is 0. The van der Waals surface area contributed by atoms with Crippen LogP contribution >= 0.6 is 0 Å². The molecule has 0 aromatic heterocycles. The van der Waals surface area contributed by atoms with Gasteiger partial charge >= 0.3 is 0 Å². The first-order chi connectivity index (χ1) is 8.85. The molecule has 0 aliphatic heterocycles.